The topological polar surface area (TPSA) is 58.4 Å². The number of nitrogens with zero attached hydrogens (tertiary/aromatic N) is 3. The Morgan fingerprint density at radius 3 is 3.10 bits per heavy atom. The van der Waals surface area contributed by atoms with Gasteiger partial charge in [0.05, 0.1) is 11.9 Å². The number of aryl methyl sites for hydroxylation is 1. The first kappa shape index (κ1) is 6.67. The number of hydrogen-bond donors (Lipinski definition) is 1. The fourth-order valence-electron chi connectivity index (χ4n) is 0.606. The summed E-state index contributed by atoms with van der Waals surface area (Å²) in [5.41, 5.74) is 0.606. The molecule has 4 heteroatoms. The van der Waals surface area contributed by atoms with Crippen molar-refractivity contribution in [2.24, 2.45) is 5.16 Å². The zero-order valence-electron chi connectivity index (χ0n) is 5.52. The van der Waals surface area contributed by atoms with Gasteiger partial charge in [0.1, 0.15) is 5.82 Å². The number of aromatic nitrogens is 2. The lowest BCUT2D eigenvalue weighted by Gasteiger charge is -1.90. The highest BCUT2D eigenvalue weighted by Crippen LogP contribution is 1.89. The molecule has 10 heavy (non-hydrogen) atoms. The average Bonchev–Trinajstić information content (AvgIpc) is 1.88. The molecule has 0 spiro atoms. The van der Waals surface area contributed by atoms with E-state index in [0.717, 1.165) is 0 Å². The number of hydrogen-bond acceptors (Lipinski definition) is 4. The summed E-state index contributed by atoms with van der Waals surface area (Å²) in [4.78, 5) is 7.81. The van der Waals surface area contributed by atoms with Gasteiger partial charge in [0.2, 0.25) is 0 Å². The van der Waals surface area contributed by atoms with Gasteiger partial charge in [-0.2, -0.15) is 0 Å². The van der Waals surface area contributed by atoms with Gasteiger partial charge in [-0.05, 0) is 13.0 Å². The molecule has 0 fully saturated rings. The number of oxime groups is 1. The smallest absolute Gasteiger partial charge is 0.125 e. The maximum absolute atomic E-state index is 8.12. The first-order valence-corrected chi connectivity index (χ1v) is 2.80. The van der Waals surface area contributed by atoms with Crippen LogP contribution in [0.2, 0.25) is 0 Å². The molecular weight excluding hydrogens is 130 g/mol. The molecule has 1 aromatic heterocycles. The molecule has 0 amide bonds. The minimum absolute atomic E-state index is 0.606. The molecule has 0 aliphatic carbocycles. The Morgan fingerprint density at radius 2 is 2.50 bits per heavy atom. The third kappa shape index (κ3) is 1.51. The van der Waals surface area contributed by atoms with Crippen LogP contribution in [-0.4, -0.2) is 21.4 Å². The molecule has 0 aromatic carbocycles. The van der Waals surface area contributed by atoms with E-state index in [1.807, 2.05) is 0 Å². The zero-order valence-corrected chi connectivity index (χ0v) is 5.52. The SMILES string of the molecule is Cc1nccc(/C=N\O)n1. The third-order valence-corrected chi connectivity index (χ3v) is 0.988. The molecule has 4 nitrogen and oxygen atoms in total. The second-order valence-corrected chi connectivity index (χ2v) is 1.77. The monoisotopic (exact) mass is 137 g/mol. The summed E-state index contributed by atoms with van der Waals surface area (Å²) in [6.45, 7) is 1.77. The van der Waals surface area contributed by atoms with Gasteiger partial charge in [-0.1, -0.05) is 5.16 Å². The quantitative estimate of drug-likeness (QED) is 0.350. The van der Waals surface area contributed by atoms with Crippen molar-refractivity contribution in [3.63, 3.8) is 0 Å². The lowest BCUT2D eigenvalue weighted by Crippen LogP contribution is -1.91. The van der Waals surface area contributed by atoms with Crippen LogP contribution < -0.4 is 0 Å². The lowest BCUT2D eigenvalue weighted by molar-refractivity contribution is 0.321. The molecule has 1 aromatic rings. The zero-order chi connectivity index (χ0) is 7.40. The van der Waals surface area contributed by atoms with E-state index in [-0.39, 0.29) is 0 Å². The largest absolute Gasteiger partial charge is 0.411 e. The highest BCUT2D eigenvalue weighted by atomic mass is 16.4. The van der Waals surface area contributed by atoms with Crippen molar-refractivity contribution >= 4 is 6.21 Å². The van der Waals surface area contributed by atoms with Crippen molar-refractivity contribution in [1.82, 2.24) is 9.97 Å². The van der Waals surface area contributed by atoms with Crippen molar-refractivity contribution in [2.75, 3.05) is 0 Å². The summed E-state index contributed by atoms with van der Waals surface area (Å²) < 4.78 is 0. The molecule has 0 saturated carbocycles. The highest BCUT2D eigenvalue weighted by molar-refractivity contribution is 5.75. The lowest BCUT2D eigenvalue weighted by atomic mass is 10.4. The first-order valence-electron chi connectivity index (χ1n) is 2.80. The predicted molar refractivity (Wildman–Crippen MR) is 36.1 cm³/mol. The van der Waals surface area contributed by atoms with Crippen molar-refractivity contribution in [3.05, 3.63) is 23.8 Å². The maximum Gasteiger partial charge on any atom is 0.125 e. The minimum atomic E-state index is 0.606. The summed E-state index contributed by atoms with van der Waals surface area (Å²) >= 11 is 0. The van der Waals surface area contributed by atoms with E-state index in [0.29, 0.717) is 11.5 Å². The van der Waals surface area contributed by atoms with Gasteiger partial charge in [-0.25, -0.2) is 9.97 Å². The molecule has 0 saturated heterocycles. The van der Waals surface area contributed by atoms with E-state index >= 15 is 0 Å². The molecular formula is C6H7N3O. The molecule has 1 heterocycles. The van der Waals surface area contributed by atoms with Gasteiger partial charge >= 0.3 is 0 Å². The number of rotatable bonds is 1. The molecule has 1 rings (SSSR count). The second-order valence-electron chi connectivity index (χ2n) is 1.77. The fraction of sp³-hybridized carbons (Fsp3) is 0.167. The van der Waals surface area contributed by atoms with Crippen LogP contribution in [0.3, 0.4) is 0 Å². The molecule has 0 unspecified atom stereocenters. The van der Waals surface area contributed by atoms with Crippen LogP contribution in [0.5, 0.6) is 0 Å². The molecule has 0 atom stereocenters. The van der Waals surface area contributed by atoms with Gasteiger partial charge in [0.15, 0.2) is 0 Å². The minimum Gasteiger partial charge on any atom is -0.411 e. The van der Waals surface area contributed by atoms with Gasteiger partial charge in [-0.3, -0.25) is 0 Å². The van der Waals surface area contributed by atoms with Gasteiger partial charge in [0.25, 0.3) is 0 Å². The Balaban J connectivity index is 2.95. The Bertz CT molecular complexity index is 247. The third-order valence-electron chi connectivity index (χ3n) is 0.988. The normalized spacial score (nSPS) is 10.5. The molecule has 0 aliphatic rings. The van der Waals surface area contributed by atoms with E-state index in [1.54, 1.807) is 19.2 Å². The Labute approximate surface area is 58.2 Å². The molecule has 52 valence electrons. The molecule has 0 bridgehead atoms. The summed E-state index contributed by atoms with van der Waals surface area (Å²) in [6, 6.07) is 1.66. The predicted octanol–water partition coefficient (Wildman–Crippen LogP) is 0.593. The highest BCUT2D eigenvalue weighted by Gasteiger charge is 1.88. The van der Waals surface area contributed by atoms with Crippen molar-refractivity contribution in [1.29, 1.82) is 0 Å². The summed E-state index contributed by atoms with van der Waals surface area (Å²) in [6.07, 6.45) is 2.87. The summed E-state index contributed by atoms with van der Waals surface area (Å²) in [7, 11) is 0. The van der Waals surface area contributed by atoms with Crippen molar-refractivity contribution in [2.45, 2.75) is 6.92 Å². The van der Waals surface area contributed by atoms with Gasteiger partial charge in [0, 0.05) is 6.20 Å². The van der Waals surface area contributed by atoms with Crippen LogP contribution in [0.4, 0.5) is 0 Å². The van der Waals surface area contributed by atoms with Crippen LogP contribution >= 0.6 is 0 Å². The van der Waals surface area contributed by atoms with E-state index in [1.165, 1.54) is 6.21 Å². The van der Waals surface area contributed by atoms with Crippen LogP contribution in [0, 0.1) is 6.92 Å². The van der Waals surface area contributed by atoms with Gasteiger partial charge < -0.3 is 5.21 Å². The van der Waals surface area contributed by atoms with E-state index in [9.17, 15) is 0 Å². The first-order chi connectivity index (χ1) is 4.83. The molecule has 0 radical (unpaired) electrons. The standard InChI is InChI=1S/C6H7N3O/c1-5-7-3-2-6(9-5)4-8-10/h2-4,10H,1H3/b8-4-. The van der Waals surface area contributed by atoms with Crippen LogP contribution in [0.15, 0.2) is 17.4 Å². The molecule has 0 aliphatic heterocycles. The van der Waals surface area contributed by atoms with Gasteiger partial charge in [-0.15, -0.1) is 0 Å². The Hall–Kier alpha value is -1.45. The van der Waals surface area contributed by atoms with Crippen LogP contribution in [0.25, 0.3) is 0 Å². The fourth-order valence-corrected chi connectivity index (χ4v) is 0.606. The Morgan fingerprint density at radius 1 is 1.70 bits per heavy atom. The maximum atomic E-state index is 8.12. The van der Waals surface area contributed by atoms with Crippen LogP contribution in [-0.2, 0) is 0 Å². The van der Waals surface area contributed by atoms with E-state index < -0.39 is 0 Å². The van der Waals surface area contributed by atoms with Crippen LogP contribution in [0.1, 0.15) is 11.5 Å². The average molecular weight is 137 g/mol. The van der Waals surface area contributed by atoms with Crippen molar-refractivity contribution in [3.8, 4) is 0 Å². The van der Waals surface area contributed by atoms with Crippen molar-refractivity contribution < 1.29 is 5.21 Å². The summed E-state index contributed by atoms with van der Waals surface area (Å²) in [5, 5.41) is 11.0. The van der Waals surface area contributed by atoms with E-state index in [4.69, 9.17) is 5.21 Å². The Kier molecular flexibility index (Phi) is 1.94. The summed E-state index contributed by atoms with van der Waals surface area (Å²) in [5.74, 6) is 0.664. The second kappa shape index (κ2) is 2.91. The molecule has 1 N–H and O–H groups in total. The van der Waals surface area contributed by atoms with E-state index in [2.05, 4.69) is 15.1 Å².